The van der Waals surface area contributed by atoms with Crippen LogP contribution in [0.3, 0.4) is 0 Å². The molecule has 3 aromatic carbocycles. The van der Waals surface area contributed by atoms with Crippen LogP contribution in [0.4, 0.5) is 17.1 Å². The van der Waals surface area contributed by atoms with Gasteiger partial charge in [-0.15, -0.1) is 10.2 Å². The molecule has 27 heavy (non-hydrogen) atoms. The summed E-state index contributed by atoms with van der Waals surface area (Å²) < 4.78 is 29.6. The molecule has 1 unspecified atom stereocenters. The number of hydrogen-bond donors (Lipinski definition) is 1. The largest absolute Gasteiger partial charge is 0.494 e. The van der Waals surface area contributed by atoms with Crippen LogP contribution in [0, 0.1) is 0 Å². The lowest BCUT2D eigenvalue weighted by Crippen LogP contribution is -2.08. The fourth-order valence-electron chi connectivity index (χ4n) is 2.73. The number of fused-ring (bicyclic) bond motifs is 1. The third-order valence-electron chi connectivity index (χ3n) is 3.94. The van der Waals surface area contributed by atoms with E-state index in [1.54, 1.807) is 6.07 Å². The van der Waals surface area contributed by atoms with Gasteiger partial charge < -0.3 is 13.8 Å². The van der Waals surface area contributed by atoms with Crippen LogP contribution in [0.25, 0.3) is 10.8 Å². The Bertz CT molecular complexity index is 1020. The van der Waals surface area contributed by atoms with Gasteiger partial charge in [-0.25, -0.2) is 0 Å². The second kappa shape index (κ2) is 8.15. The summed E-state index contributed by atoms with van der Waals surface area (Å²) in [6.45, 7) is 0. The van der Waals surface area contributed by atoms with E-state index >= 15 is 0 Å². The minimum absolute atomic E-state index is 0.201. The molecule has 0 bridgehead atoms. The molecule has 1 atom stereocenters. The highest BCUT2D eigenvalue weighted by atomic mass is 32.2. The second-order valence-corrected chi connectivity index (χ2v) is 6.48. The average molecular weight is 385 g/mol. The topological polar surface area (TPSA) is 83.7 Å². The lowest BCUT2D eigenvalue weighted by atomic mass is 10.1. The van der Waals surface area contributed by atoms with Gasteiger partial charge in [0.05, 0.1) is 12.8 Å². The molecule has 140 valence electrons. The molecule has 0 aliphatic carbocycles. The normalized spacial score (nSPS) is 12.3. The van der Waals surface area contributed by atoms with Crippen molar-refractivity contribution in [2.75, 3.05) is 26.1 Å². The number of ether oxygens (including phenoxy) is 1. The van der Waals surface area contributed by atoms with Crippen molar-refractivity contribution in [1.82, 2.24) is 0 Å². The molecule has 0 saturated carbocycles. The van der Waals surface area contributed by atoms with Crippen LogP contribution in [-0.4, -0.2) is 30.0 Å². The summed E-state index contributed by atoms with van der Waals surface area (Å²) in [4.78, 5) is 2.05. The van der Waals surface area contributed by atoms with E-state index in [9.17, 15) is 4.21 Å². The Kier molecular flexibility index (Phi) is 5.68. The van der Waals surface area contributed by atoms with Gasteiger partial charge in [0.15, 0.2) is 0 Å². The zero-order chi connectivity index (χ0) is 19.4. The maximum absolute atomic E-state index is 10.8. The van der Waals surface area contributed by atoms with Crippen molar-refractivity contribution in [1.29, 1.82) is 0 Å². The number of nitrogens with zero attached hydrogens (tertiary/aromatic N) is 3. The highest BCUT2D eigenvalue weighted by molar-refractivity contribution is 7.74. The van der Waals surface area contributed by atoms with E-state index in [0.29, 0.717) is 11.4 Å². The smallest absolute Gasteiger partial charge is 0.357 e. The third kappa shape index (κ3) is 4.24. The summed E-state index contributed by atoms with van der Waals surface area (Å²) in [5, 5.41) is 10.7. The molecule has 8 heteroatoms. The summed E-state index contributed by atoms with van der Waals surface area (Å²) >= 11 is -2.40. The molecule has 0 amide bonds. The van der Waals surface area contributed by atoms with Gasteiger partial charge in [0.2, 0.25) is 0 Å². The average Bonchev–Trinajstić information content (AvgIpc) is 2.65. The monoisotopic (exact) mass is 385 g/mol. The first-order valence-corrected chi connectivity index (χ1v) is 9.11. The highest BCUT2D eigenvalue weighted by Gasteiger charge is 2.09. The van der Waals surface area contributed by atoms with Crippen molar-refractivity contribution in [3.05, 3.63) is 54.6 Å². The molecule has 0 spiro atoms. The summed E-state index contributed by atoms with van der Waals surface area (Å²) in [7, 11) is 5.48. The Morgan fingerprint density at radius 3 is 2.30 bits per heavy atom. The Morgan fingerprint density at radius 1 is 0.963 bits per heavy atom. The van der Waals surface area contributed by atoms with Gasteiger partial charge in [-0.1, -0.05) is 24.3 Å². The van der Waals surface area contributed by atoms with Crippen molar-refractivity contribution in [3.8, 4) is 11.5 Å². The van der Waals surface area contributed by atoms with Gasteiger partial charge in [0, 0.05) is 36.6 Å². The molecule has 0 aromatic heterocycles. The van der Waals surface area contributed by atoms with Crippen LogP contribution in [-0.2, 0) is 11.4 Å². The van der Waals surface area contributed by atoms with Crippen LogP contribution in [0.2, 0.25) is 0 Å². The Hall–Kier alpha value is -2.97. The molecule has 3 rings (SSSR count). The molecule has 0 fully saturated rings. The number of hydrogen-bond acceptors (Lipinski definition) is 6. The van der Waals surface area contributed by atoms with Gasteiger partial charge in [-0.3, -0.25) is 4.55 Å². The number of azo groups is 1. The fourth-order valence-corrected chi connectivity index (χ4v) is 3.00. The van der Waals surface area contributed by atoms with Gasteiger partial charge in [0.25, 0.3) is 0 Å². The molecule has 0 aliphatic rings. The molecule has 1 N–H and O–H groups in total. The van der Waals surface area contributed by atoms with Crippen LogP contribution >= 0.6 is 0 Å². The van der Waals surface area contributed by atoms with Gasteiger partial charge in [-0.2, -0.15) is 4.21 Å². The van der Waals surface area contributed by atoms with Crippen LogP contribution in [0.15, 0.2) is 64.8 Å². The molecule has 0 heterocycles. The van der Waals surface area contributed by atoms with E-state index in [0.717, 1.165) is 22.1 Å². The Labute approximate surface area is 159 Å². The molecular formula is C19H19N3O4S. The predicted octanol–water partition coefficient (Wildman–Crippen LogP) is 4.85. The molecular weight excluding hydrogens is 366 g/mol. The first-order valence-electron chi connectivity index (χ1n) is 8.07. The first-order chi connectivity index (χ1) is 13.0. The fraction of sp³-hybridized carbons (Fsp3) is 0.158. The standard InChI is InChI=1S/C19H19N3O4S/c1-22(2)18-11-10-16(14-6-4-5-7-15(14)18)20-21-17-9-8-13(26-27(23)24)12-19(17)25-3/h4-12H,1-3H3,(H,23,24). The van der Waals surface area contributed by atoms with Crippen LogP contribution in [0.5, 0.6) is 11.5 Å². The van der Waals surface area contributed by atoms with Crippen molar-refractivity contribution in [2.45, 2.75) is 0 Å². The van der Waals surface area contributed by atoms with E-state index in [4.69, 9.17) is 13.5 Å². The lowest BCUT2D eigenvalue weighted by molar-refractivity contribution is 0.411. The van der Waals surface area contributed by atoms with Crippen molar-refractivity contribution in [3.63, 3.8) is 0 Å². The van der Waals surface area contributed by atoms with E-state index in [2.05, 4.69) is 15.1 Å². The molecule has 0 saturated heterocycles. The van der Waals surface area contributed by atoms with Gasteiger partial charge >= 0.3 is 11.4 Å². The number of methoxy groups -OCH3 is 1. The predicted molar refractivity (Wildman–Crippen MR) is 107 cm³/mol. The molecule has 0 radical (unpaired) electrons. The first kappa shape index (κ1) is 18.8. The SMILES string of the molecule is COc1cc(OS(=O)O)ccc1N=Nc1ccc(N(C)C)c2ccccc12. The van der Waals surface area contributed by atoms with Crippen molar-refractivity contribution >= 4 is 39.2 Å². The Balaban J connectivity index is 1.99. The number of benzene rings is 3. The molecule has 0 aliphatic heterocycles. The lowest BCUT2D eigenvalue weighted by Gasteiger charge is -2.16. The van der Waals surface area contributed by atoms with Gasteiger partial charge in [-0.05, 0) is 24.3 Å². The zero-order valence-electron chi connectivity index (χ0n) is 15.1. The number of rotatable bonds is 6. The van der Waals surface area contributed by atoms with E-state index in [1.807, 2.05) is 50.5 Å². The second-order valence-electron chi connectivity index (χ2n) is 5.88. The summed E-state index contributed by atoms with van der Waals surface area (Å²) in [6.07, 6.45) is 0. The summed E-state index contributed by atoms with van der Waals surface area (Å²) in [5.41, 5.74) is 2.31. The maximum Gasteiger partial charge on any atom is 0.357 e. The molecule has 7 nitrogen and oxygen atoms in total. The van der Waals surface area contributed by atoms with Crippen LogP contribution in [0.1, 0.15) is 0 Å². The zero-order valence-corrected chi connectivity index (χ0v) is 15.9. The van der Waals surface area contributed by atoms with Crippen LogP contribution < -0.4 is 13.8 Å². The third-order valence-corrected chi connectivity index (χ3v) is 4.28. The number of anilines is 1. The van der Waals surface area contributed by atoms with E-state index < -0.39 is 11.4 Å². The summed E-state index contributed by atoms with van der Waals surface area (Å²) in [6, 6.07) is 16.5. The quantitative estimate of drug-likeness (QED) is 0.485. The van der Waals surface area contributed by atoms with E-state index in [1.165, 1.54) is 19.2 Å². The minimum atomic E-state index is -2.40. The van der Waals surface area contributed by atoms with Crippen molar-refractivity contribution in [2.24, 2.45) is 10.2 Å². The minimum Gasteiger partial charge on any atom is -0.494 e. The summed E-state index contributed by atoms with van der Waals surface area (Å²) in [5.74, 6) is 0.586. The van der Waals surface area contributed by atoms with Crippen molar-refractivity contribution < 1.29 is 17.7 Å². The maximum atomic E-state index is 10.8. The molecule has 3 aromatic rings. The highest BCUT2D eigenvalue weighted by Crippen LogP contribution is 2.36. The van der Waals surface area contributed by atoms with Gasteiger partial charge in [0.1, 0.15) is 17.2 Å². The van der Waals surface area contributed by atoms with E-state index in [-0.39, 0.29) is 5.75 Å². The Morgan fingerprint density at radius 2 is 1.63 bits per heavy atom.